The van der Waals surface area contributed by atoms with Crippen molar-refractivity contribution < 1.29 is 9.22 Å². The van der Waals surface area contributed by atoms with Gasteiger partial charge in [0.05, 0.1) is 5.60 Å². The third kappa shape index (κ3) is 5.70. The lowest BCUT2D eigenvalue weighted by Crippen LogP contribution is -2.14. The minimum absolute atomic E-state index is 0.227. The average molecular weight is 117 g/mol. The van der Waals surface area contributed by atoms with Crippen LogP contribution in [0.15, 0.2) is 11.6 Å². The second-order valence-corrected chi connectivity index (χ2v) is 2.48. The molecule has 0 bridgehead atoms. The average Bonchev–Trinajstić information content (AvgIpc) is 1.56. The van der Waals surface area contributed by atoms with Crippen LogP contribution in [-0.2, 0) is 0 Å². The Morgan fingerprint density at radius 2 is 2.25 bits per heavy atom. The molecule has 0 heterocycles. The summed E-state index contributed by atoms with van der Waals surface area (Å²) in [5.41, 5.74) is -0.816. The summed E-state index contributed by atoms with van der Waals surface area (Å²) >= 11 is 0. The van der Waals surface area contributed by atoms with Crippen molar-refractivity contribution in [2.45, 2.75) is 33.2 Å². The van der Waals surface area contributed by atoms with Gasteiger partial charge < -0.3 is 5.11 Å². The molecular formula is C7H14O. The zero-order valence-corrected chi connectivity index (χ0v) is 5.52. The minimum Gasteiger partial charge on any atom is -0.386 e. The number of hydrogen-bond donors (Lipinski definition) is 1. The van der Waals surface area contributed by atoms with Gasteiger partial charge in [-0.2, -0.15) is 0 Å². The monoisotopic (exact) mass is 117 g/mol. The molecule has 0 amide bonds. The fourth-order valence-electron chi connectivity index (χ4n) is 0.530. The molecule has 0 aliphatic rings. The van der Waals surface area contributed by atoms with Gasteiger partial charge in [0, 0.05) is 4.11 Å². The van der Waals surface area contributed by atoms with E-state index in [1.165, 1.54) is 13.0 Å². The highest BCUT2D eigenvalue weighted by atomic mass is 16.3. The zero-order chi connectivity index (χ0) is 9.28. The minimum atomic E-state index is -2.08. The third-order valence-corrected chi connectivity index (χ3v) is 0.570. The number of allylic oxidation sites excluding steroid dienone is 1. The molecule has 0 aromatic rings. The summed E-state index contributed by atoms with van der Waals surface area (Å²) in [5, 5.41) is 9.23. The molecule has 1 nitrogen and oxygen atoms in total. The first kappa shape index (κ1) is 3.67. The van der Waals surface area contributed by atoms with Crippen LogP contribution in [0.5, 0.6) is 0 Å². The van der Waals surface area contributed by atoms with Crippen LogP contribution in [-0.4, -0.2) is 10.7 Å². The van der Waals surface area contributed by atoms with Crippen molar-refractivity contribution in [3.8, 4) is 0 Å². The summed E-state index contributed by atoms with van der Waals surface area (Å²) < 4.78 is 20.9. The van der Waals surface area contributed by atoms with Crippen molar-refractivity contribution in [3.05, 3.63) is 11.6 Å². The summed E-state index contributed by atoms with van der Waals surface area (Å²) in [6, 6.07) is 0. The van der Waals surface area contributed by atoms with Crippen molar-refractivity contribution in [1.82, 2.24) is 0 Å². The second kappa shape index (κ2) is 2.31. The Hall–Kier alpha value is -0.300. The molecular weight excluding hydrogens is 100 g/mol. The smallest absolute Gasteiger partial charge is 0.0774 e. The number of aliphatic hydroxyl groups is 1. The molecule has 0 aromatic heterocycles. The van der Waals surface area contributed by atoms with E-state index < -0.39 is 12.5 Å². The van der Waals surface area contributed by atoms with E-state index in [2.05, 4.69) is 0 Å². The second-order valence-electron chi connectivity index (χ2n) is 2.48. The van der Waals surface area contributed by atoms with Gasteiger partial charge in [0.25, 0.3) is 0 Å². The molecule has 0 saturated heterocycles. The number of rotatable bonds is 1. The van der Waals surface area contributed by atoms with E-state index in [1.807, 2.05) is 0 Å². The Morgan fingerprint density at radius 3 is 2.38 bits per heavy atom. The maximum atomic E-state index is 9.23. The van der Waals surface area contributed by atoms with E-state index in [4.69, 9.17) is 4.11 Å². The highest BCUT2D eigenvalue weighted by molar-refractivity contribution is 5.02. The van der Waals surface area contributed by atoms with E-state index >= 15 is 0 Å². The highest BCUT2D eigenvalue weighted by Crippen LogP contribution is 2.05. The Labute approximate surface area is 55.2 Å². The van der Waals surface area contributed by atoms with Crippen LogP contribution in [0.3, 0.4) is 0 Å². The summed E-state index contributed by atoms with van der Waals surface area (Å²) in [6.07, 6.45) is 1.35. The normalized spacial score (nSPS) is 21.5. The van der Waals surface area contributed by atoms with Crippen LogP contribution >= 0.6 is 0 Å². The van der Waals surface area contributed by atoms with Crippen LogP contribution in [0, 0.1) is 0 Å². The van der Waals surface area contributed by atoms with Gasteiger partial charge >= 0.3 is 0 Å². The summed E-state index contributed by atoms with van der Waals surface area (Å²) in [7, 11) is 0. The third-order valence-electron chi connectivity index (χ3n) is 0.570. The Morgan fingerprint density at radius 1 is 1.75 bits per heavy atom. The molecule has 0 aromatic carbocycles. The highest BCUT2D eigenvalue weighted by Gasteiger charge is 2.05. The fraction of sp³-hybridized carbons (Fsp3) is 0.714. The molecule has 0 aliphatic heterocycles. The van der Waals surface area contributed by atoms with Crippen molar-refractivity contribution in [3.63, 3.8) is 0 Å². The Bertz CT molecular complexity index is 162. The zero-order valence-electron chi connectivity index (χ0n) is 8.52. The topological polar surface area (TPSA) is 20.2 Å². The summed E-state index contributed by atoms with van der Waals surface area (Å²) in [6.45, 7) is 2.50. The number of hydrogen-bond acceptors (Lipinski definition) is 1. The van der Waals surface area contributed by atoms with E-state index in [-0.39, 0.29) is 5.57 Å². The van der Waals surface area contributed by atoms with Gasteiger partial charge in [-0.25, -0.2) is 0 Å². The lowest BCUT2D eigenvalue weighted by atomic mass is 10.1. The molecule has 1 heteroatoms. The van der Waals surface area contributed by atoms with Gasteiger partial charge in [-0.15, -0.1) is 0 Å². The Kier molecular flexibility index (Phi) is 1.06. The lowest BCUT2D eigenvalue weighted by molar-refractivity contribution is 0.132. The first-order valence-electron chi connectivity index (χ1n) is 4.05. The molecule has 1 N–H and O–H groups in total. The van der Waals surface area contributed by atoms with Crippen molar-refractivity contribution in [1.29, 1.82) is 0 Å². The summed E-state index contributed by atoms with van der Waals surface area (Å²) in [5.74, 6) is 0. The molecule has 48 valence electrons. The molecule has 0 fully saturated rings. The molecule has 0 saturated carbocycles. The van der Waals surface area contributed by atoms with E-state index in [1.54, 1.807) is 13.8 Å². The molecule has 0 spiro atoms. The fourth-order valence-corrected chi connectivity index (χ4v) is 0.530. The molecule has 0 radical (unpaired) electrons. The first-order chi connectivity index (χ1) is 4.63. The Balaban J connectivity index is 4.49. The summed E-state index contributed by atoms with van der Waals surface area (Å²) in [4.78, 5) is 0. The molecule has 0 unspecified atom stereocenters. The van der Waals surface area contributed by atoms with Gasteiger partial charge in [-0.05, 0) is 27.6 Å². The van der Waals surface area contributed by atoms with Gasteiger partial charge in [-0.1, -0.05) is 11.6 Å². The van der Waals surface area contributed by atoms with Crippen LogP contribution in [0.4, 0.5) is 0 Å². The van der Waals surface area contributed by atoms with Gasteiger partial charge in [-0.3, -0.25) is 0 Å². The first-order valence-corrected chi connectivity index (χ1v) is 2.55. The SMILES string of the molecule is [2H]C([2H])([2H])/C(C)=C/C(C)(C)O. The molecule has 0 rings (SSSR count). The van der Waals surface area contributed by atoms with Crippen LogP contribution in [0.25, 0.3) is 0 Å². The van der Waals surface area contributed by atoms with Crippen LogP contribution in [0.2, 0.25) is 0 Å². The van der Waals surface area contributed by atoms with Gasteiger partial charge in [0.2, 0.25) is 0 Å². The largest absolute Gasteiger partial charge is 0.386 e. The van der Waals surface area contributed by atoms with E-state index in [0.717, 1.165) is 0 Å². The molecule has 0 atom stereocenters. The van der Waals surface area contributed by atoms with E-state index in [9.17, 15) is 5.11 Å². The molecule has 8 heavy (non-hydrogen) atoms. The van der Waals surface area contributed by atoms with Crippen molar-refractivity contribution >= 4 is 0 Å². The van der Waals surface area contributed by atoms with Crippen LogP contribution in [0.1, 0.15) is 31.7 Å². The van der Waals surface area contributed by atoms with E-state index in [0.29, 0.717) is 0 Å². The molecule has 0 aliphatic carbocycles. The maximum absolute atomic E-state index is 9.23. The standard InChI is InChI=1S/C7H14O/c1-6(2)5-7(3,4)8/h5,8H,1-4H3/i1D3/b6-5-. The van der Waals surface area contributed by atoms with Crippen LogP contribution < -0.4 is 0 Å². The van der Waals surface area contributed by atoms with Crippen molar-refractivity contribution in [2.24, 2.45) is 0 Å². The quantitative estimate of drug-likeness (QED) is 0.518. The van der Waals surface area contributed by atoms with Crippen molar-refractivity contribution in [2.75, 3.05) is 0 Å². The van der Waals surface area contributed by atoms with Gasteiger partial charge in [0.1, 0.15) is 0 Å². The lowest BCUT2D eigenvalue weighted by Gasteiger charge is -2.10. The predicted molar refractivity (Wildman–Crippen MR) is 35.7 cm³/mol. The van der Waals surface area contributed by atoms with Gasteiger partial charge in [0.15, 0.2) is 0 Å². The maximum Gasteiger partial charge on any atom is 0.0774 e. The predicted octanol–water partition coefficient (Wildman–Crippen LogP) is 1.72.